The van der Waals surface area contributed by atoms with Crippen LogP contribution in [0.5, 0.6) is 0 Å². The summed E-state index contributed by atoms with van der Waals surface area (Å²) in [6.07, 6.45) is -2.65. The molecule has 15 heavy (non-hydrogen) atoms. The Morgan fingerprint density at radius 1 is 1.67 bits per heavy atom. The van der Waals surface area contributed by atoms with E-state index < -0.39 is 12.4 Å². The van der Waals surface area contributed by atoms with Crippen molar-refractivity contribution in [1.82, 2.24) is 4.98 Å². The van der Waals surface area contributed by atoms with Crippen LogP contribution in [0.1, 0.15) is 28.2 Å². The molecule has 0 aliphatic rings. The normalized spacial score (nSPS) is 10.7. The van der Waals surface area contributed by atoms with Crippen LogP contribution in [-0.4, -0.2) is 16.1 Å². The van der Waals surface area contributed by atoms with E-state index in [4.69, 9.17) is 5.11 Å². The van der Waals surface area contributed by atoms with Crippen LogP contribution in [0.3, 0.4) is 0 Å². The fraction of sp³-hybridized carbons (Fsp3) is 0.250. The number of aromatic carboxylic acids is 1. The highest BCUT2D eigenvalue weighted by atomic mass is 127. The van der Waals surface area contributed by atoms with E-state index in [1.54, 1.807) is 22.6 Å². The largest absolute Gasteiger partial charge is 0.476 e. The van der Waals surface area contributed by atoms with E-state index in [0.29, 0.717) is 0 Å². The highest BCUT2D eigenvalue weighted by Crippen LogP contribution is 2.26. The molecule has 1 aromatic rings. The van der Waals surface area contributed by atoms with Crippen molar-refractivity contribution in [2.24, 2.45) is 0 Å². The minimum Gasteiger partial charge on any atom is -0.476 e. The van der Waals surface area contributed by atoms with Crippen LogP contribution in [0, 0.1) is 3.57 Å². The van der Waals surface area contributed by atoms with Crippen molar-refractivity contribution in [2.75, 3.05) is 0 Å². The van der Waals surface area contributed by atoms with Crippen molar-refractivity contribution in [3.63, 3.8) is 0 Å². The van der Waals surface area contributed by atoms with Crippen LogP contribution in [0.4, 0.5) is 8.78 Å². The molecule has 3 nitrogen and oxygen atoms in total. The topological polar surface area (TPSA) is 50.2 Å². The van der Waals surface area contributed by atoms with Gasteiger partial charge in [0.2, 0.25) is 0 Å². The zero-order valence-electron chi connectivity index (χ0n) is 7.18. The predicted octanol–water partition coefficient (Wildman–Crippen LogP) is 3.22. The molecule has 0 aliphatic carbocycles. The highest BCUT2D eigenvalue weighted by molar-refractivity contribution is 14.1. The summed E-state index contributed by atoms with van der Waals surface area (Å²) in [6.45, 7) is 0. The molecule has 0 aromatic carbocycles. The number of rotatable bonds is 3. The summed E-state index contributed by atoms with van der Waals surface area (Å²) in [5, 5.41) is 8.85. The summed E-state index contributed by atoms with van der Waals surface area (Å²) in [7, 11) is 0. The highest BCUT2D eigenvalue weighted by Gasteiger charge is 2.19. The van der Waals surface area contributed by atoms with E-state index >= 15 is 0 Å². The Balaban J connectivity index is 3.35. The lowest BCUT2D eigenvalue weighted by atomic mass is 10.2. The van der Waals surface area contributed by atoms with Gasteiger partial charge in [-0.25, -0.2) is 18.6 Å². The average molecular weight is 392 g/mol. The number of carboxylic acid groups (broad SMARTS) is 1. The molecule has 0 fully saturated rings. The Kier molecular flexibility index (Phi) is 4.38. The third kappa shape index (κ3) is 2.83. The van der Waals surface area contributed by atoms with Gasteiger partial charge in [-0.3, -0.25) is 0 Å². The second-order valence-electron chi connectivity index (χ2n) is 2.59. The predicted molar refractivity (Wildman–Crippen MR) is 61.5 cm³/mol. The minimum atomic E-state index is -2.65. The number of hydrogen-bond donors (Lipinski definition) is 1. The summed E-state index contributed by atoms with van der Waals surface area (Å²) in [6, 6.07) is 1.15. The zero-order chi connectivity index (χ0) is 11.6. The van der Waals surface area contributed by atoms with Crippen molar-refractivity contribution in [3.8, 4) is 0 Å². The van der Waals surface area contributed by atoms with E-state index in [9.17, 15) is 13.6 Å². The Morgan fingerprint density at radius 3 is 2.67 bits per heavy atom. The maximum absolute atomic E-state index is 12.5. The van der Waals surface area contributed by atoms with Gasteiger partial charge in [-0.15, -0.1) is 0 Å². The number of halogens is 4. The second kappa shape index (κ2) is 5.15. The van der Waals surface area contributed by atoms with E-state index in [0.717, 1.165) is 6.07 Å². The third-order valence-electron chi connectivity index (χ3n) is 1.65. The minimum absolute atomic E-state index is 0.0582. The summed E-state index contributed by atoms with van der Waals surface area (Å²) in [4.78, 5) is 14.4. The lowest BCUT2D eigenvalue weighted by Crippen LogP contribution is -2.08. The molecular formula is C8H5BrF2INO2. The van der Waals surface area contributed by atoms with E-state index in [2.05, 4.69) is 20.9 Å². The fourth-order valence-corrected chi connectivity index (χ4v) is 2.12. The lowest BCUT2D eigenvalue weighted by molar-refractivity contribution is 0.0688. The number of pyridine rings is 1. The number of carbonyl (C=O) groups is 1. The van der Waals surface area contributed by atoms with Crippen molar-refractivity contribution in [2.45, 2.75) is 11.8 Å². The lowest BCUT2D eigenvalue weighted by Gasteiger charge is -2.08. The van der Waals surface area contributed by atoms with E-state index in [1.807, 2.05) is 0 Å². The van der Waals surface area contributed by atoms with Crippen molar-refractivity contribution in [1.29, 1.82) is 0 Å². The average Bonchev–Trinajstić information content (AvgIpc) is 2.16. The fourth-order valence-electron chi connectivity index (χ4n) is 0.987. The van der Waals surface area contributed by atoms with Crippen molar-refractivity contribution in [3.05, 3.63) is 26.6 Å². The number of carboxylic acids is 1. The molecule has 1 N–H and O–H groups in total. The molecule has 0 atom stereocenters. The quantitative estimate of drug-likeness (QED) is 0.635. The van der Waals surface area contributed by atoms with Gasteiger partial charge in [0, 0.05) is 14.5 Å². The smallest absolute Gasteiger partial charge is 0.355 e. The number of nitrogens with zero attached hydrogens (tertiary/aromatic N) is 1. The first-order valence-corrected chi connectivity index (χ1v) is 5.94. The van der Waals surface area contributed by atoms with E-state index in [-0.39, 0.29) is 25.9 Å². The zero-order valence-corrected chi connectivity index (χ0v) is 10.9. The molecule has 1 aromatic heterocycles. The monoisotopic (exact) mass is 391 g/mol. The van der Waals surface area contributed by atoms with Crippen LogP contribution in [0.15, 0.2) is 6.07 Å². The molecule has 0 saturated carbocycles. The molecule has 0 saturated heterocycles. The Labute approximate surface area is 106 Å². The molecular weight excluding hydrogens is 387 g/mol. The van der Waals surface area contributed by atoms with Crippen LogP contribution >= 0.6 is 38.5 Å². The summed E-state index contributed by atoms with van der Waals surface area (Å²) in [5.74, 6) is -1.22. The maximum atomic E-state index is 12.5. The summed E-state index contributed by atoms with van der Waals surface area (Å²) < 4.78 is 25.2. The SMILES string of the molecule is O=C(O)c1nc(CBr)c(C(F)F)cc1I. The Hall–Kier alpha value is -0.310. The van der Waals surface area contributed by atoms with Crippen LogP contribution in [-0.2, 0) is 5.33 Å². The van der Waals surface area contributed by atoms with E-state index in [1.165, 1.54) is 0 Å². The van der Waals surface area contributed by atoms with Gasteiger partial charge >= 0.3 is 5.97 Å². The molecule has 0 amide bonds. The molecule has 1 heterocycles. The third-order valence-corrected chi connectivity index (χ3v) is 3.01. The van der Waals surface area contributed by atoms with Crippen LogP contribution in [0.25, 0.3) is 0 Å². The first-order chi connectivity index (χ1) is 6.97. The molecule has 0 radical (unpaired) electrons. The summed E-state index contributed by atoms with van der Waals surface area (Å²) >= 11 is 4.67. The first kappa shape index (κ1) is 12.8. The molecule has 82 valence electrons. The van der Waals surface area contributed by atoms with Crippen LogP contribution in [0.2, 0.25) is 0 Å². The number of alkyl halides is 3. The van der Waals surface area contributed by atoms with Crippen LogP contribution < -0.4 is 0 Å². The second-order valence-corrected chi connectivity index (χ2v) is 4.32. The first-order valence-electron chi connectivity index (χ1n) is 3.74. The number of hydrogen-bond acceptors (Lipinski definition) is 2. The summed E-state index contributed by atoms with van der Waals surface area (Å²) in [5.41, 5.74) is -0.376. The number of aromatic nitrogens is 1. The molecule has 7 heteroatoms. The van der Waals surface area contributed by atoms with Gasteiger partial charge in [-0.2, -0.15) is 0 Å². The maximum Gasteiger partial charge on any atom is 0.355 e. The molecule has 0 aliphatic heterocycles. The molecule has 0 unspecified atom stereocenters. The molecule has 0 bridgehead atoms. The van der Waals surface area contributed by atoms with Gasteiger partial charge < -0.3 is 5.11 Å². The molecule has 1 rings (SSSR count). The van der Waals surface area contributed by atoms with Gasteiger partial charge in [-0.1, -0.05) is 15.9 Å². The Morgan fingerprint density at radius 2 is 2.27 bits per heavy atom. The van der Waals surface area contributed by atoms with Crippen molar-refractivity contribution < 1.29 is 18.7 Å². The van der Waals surface area contributed by atoms with Gasteiger partial charge in [0.25, 0.3) is 6.43 Å². The van der Waals surface area contributed by atoms with Gasteiger partial charge in [0.1, 0.15) is 0 Å². The standard InChI is InChI=1S/C8H5BrF2INO2/c9-2-5-3(7(10)11)1-4(12)6(13-5)8(14)15/h1,7H,2H2,(H,14,15). The van der Waals surface area contributed by atoms with Crippen molar-refractivity contribution >= 4 is 44.5 Å². The Bertz CT molecular complexity index is 400. The molecule has 0 spiro atoms. The van der Waals surface area contributed by atoms with Gasteiger partial charge in [-0.05, 0) is 28.7 Å². The van der Waals surface area contributed by atoms with Gasteiger partial charge in [0.15, 0.2) is 5.69 Å². The van der Waals surface area contributed by atoms with Gasteiger partial charge in [0.05, 0.1) is 5.69 Å².